The number of aliphatic imine (C=N–C) groups is 1. The van der Waals surface area contributed by atoms with Gasteiger partial charge in [-0.05, 0) is 18.9 Å². The third kappa shape index (κ3) is 5.94. The summed E-state index contributed by atoms with van der Waals surface area (Å²) in [4.78, 5) is 57.1. The molecular weight excluding hydrogens is 688 g/mol. The van der Waals surface area contributed by atoms with Crippen molar-refractivity contribution in [2.24, 2.45) is 15.9 Å². The monoisotopic (exact) mass is 717 g/mol. The van der Waals surface area contributed by atoms with Gasteiger partial charge in [-0.25, -0.2) is 9.78 Å². The summed E-state index contributed by atoms with van der Waals surface area (Å²) in [7, 11) is 1.26. The molecule has 2 amide bonds. The van der Waals surface area contributed by atoms with Crippen molar-refractivity contribution in [2.45, 2.75) is 49.9 Å². The molecule has 1 saturated carbocycles. The number of carboxylic acid groups (broad SMARTS) is 1. The predicted molar refractivity (Wildman–Crippen MR) is 179 cm³/mol. The summed E-state index contributed by atoms with van der Waals surface area (Å²) in [6.45, 7) is 2.55. The fourth-order valence-electron chi connectivity index (χ4n) is 5.81. The van der Waals surface area contributed by atoms with Crippen molar-refractivity contribution in [1.82, 2.24) is 19.9 Å². The van der Waals surface area contributed by atoms with E-state index in [0.29, 0.717) is 29.7 Å². The Kier molecular flexibility index (Phi) is 8.35. The van der Waals surface area contributed by atoms with E-state index in [2.05, 4.69) is 36.1 Å². The lowest BCUT2D eigenvalue weighted by atomic mass is 10.0. The fraction of sp³-hybridized carbons (Fsp3) is 0.393. The summed E-state index contributed by atoms with van der Waals surface area (Å²) in [5, 5.41) is 18.2. The van der Waals surface area contributed by atoms with Gasteiger partial charge in [0.15, 0.2) is 29.4 Å². The van der Waals surface area contributed by atoms with Gasteiger partial charge in [-0.1, -0.05) is 28.1 Å². The van der Waals surface area contributed by atoms with Gasteiger partial charge in [-0.2, -0.15) is 0 Å². The number of carboxylic acids is 1. The van der Waals surface area contributed by atoms with Crippen molar-refractivity contribution >= 4 is 86.3 Å². The van der Waals surface area contributed by atoms with Crippen LogP contribution in [0, 0.1) is 0 Å². The first-order valence-corrected chi connectivity index (χ1v) is 17.7. The van der Waals surface area contributed by atoms with Crippen LogP contribution in [0.4, 0.5) is 10.9 Å². The van der Waals surface area contributed by atoms with E-state index < -0.39 is 29.2 Å². The maximum absolute atomic E-state index is 13.3. The molecule has 0 unspecified atom stereocenters. The molecule has 0 aromatic carbocycles. The molecule has 2 fully saturated rings. The van der Waals surface area contributed by atoms with Gasteiger partial charge in [0, 0.05) is 33.7 Å². The van der Waals surface area contributed by atoms with Crippen molar-refractivity contribution < 1.29 is 29.0 Å². The molecular formula is C28H30ClN10O5S3+. The van der Waals surface area contributed by atoms with Crippen LogP contribution in [-0.2, 0) is 38.9 Å². The lowest BCUT2D eigenvalue weighted by Gasteiger charge is -2.49. The van der Waals surface area contributed by atoms with Crippen LogP contribution < -0.4 is 26.4 Å². The number of rotatable bonds is 11. The normalized spacial score (nSPS) is 21.1. The second-order valence-corrected chi connectivity index (χ2v) is 15.0. The Labute approximate surface area is 285 Å². The van der Waals surface area contributed by atoms with Gasteiger partial charge >= 0.3 is 5.97 Å². The number of halogens is 1. The Bertz CT molecular complexity index is 1880. The molecule has 3 aliphatic heterocycles. The van der Waals surface area contributed by atoms with Gasteiger partial charge in [0.2, 0.25) is 0 Å². The number of thiazole rings is 1. The minimum Gasteiger partial charge on any atom is -0.477 e. The van der Waals surface area contributed by atoms with E-state index in [9.17, 15) is 19.5 Å². The Hall–Kier alpha value is -4.13. The Morgan fingerprint density at radius 3 is 2.83 bits per heavy atom. The standard InChI is InChI=1S/C28H29ClN10O5S3/c1-44-35-19(18-22(29)47-28(31)34-18)24(40)33-20-25(41)39-21(27(42)43)14(12-46-26(20)39)9-37-5-4-17-36(6-7-38(17)37)10-16-8-13(11-45-16)23(30)32-15-2-3-15/h4-5,8,11,15,20,26H,2-3,6-7,9-10,12H2,1H3,(H5-,30,31,32,33,34,40,42,43)/p+1/b35-19-/t20-,26-/m1/s1. The number of nitrogens with one attached hydrogen (secondary N) is 1. The zero-order chi connectivity index (χ0) is 33.0. The number of thiophene rings is 1. The van der Waals surface area contributed by atoms with Crippen LogP contribution in [0.1, 0.15) is 29.0 Å². The summed E-state index contributed by atoms with van der Waals surface area (Å²) < 4.78 is 4.24. The summed E-state index contributed by atoms with van der Waals surface area (Å²) in [5.41, 5.74) is 13.2. The van der Waals surface area contributed by atoms with Gasteiger partial charge < -0.3 is 31.6 Å². The maximum Gasteiger partial charge on any atom is 0.352 e. The highest BCUT2D eigenvalue weighted by atomic mass is 35.5. The Morgan fingerprint density at radius 1 is 1.32 bits per heavy atom. The number of hydrogen-bond donors (Lipinski definition) is 4. The molecule has 15 nitrogen and oxygen atoms in total. The summed E-state index contributed by atoms with van der Waals surface area (Å²) in [5.74, 6) is -0.518. The number of fused-ring (bicyclic) bond motifs is 2. The van der Waals surface area contributed by atoms with Gasteiger partial charge in [-0.15, -0.1) is 32.5 Å². The van der Waals surface area contributed by atoms with Crippen LogP contribution in [-0.4, -0.2) is 85.9 Å². The zero-order valence-electron chi connectivity index (χ0n) is 25.0. The number of carbonyl (C=O) groups excluding carboxylic acids is 2. The number of oxime groups is 1. The molecule has 0 bridgehead atoms. The molecule has 2 atom stereocenters. The van der Waals surface area contributed by atoms with Gasteiger partial charge in [0.05, 0.1) is 25.2 Å². The number of β-lactam (4-membered cyclic amide) rings is 1. The van der Waals surface area contributed by atoms with E-state index >= 15 is 0 Å². The molecule has 47 heavy (non-hydrogen) atoms. The van der Waals surface area contributed by atoms with Crippen molar-refractivity contribution in [3.05, 3.63) is 55.5 Å². The van der Waals surface area contributed by atoms with Crippen molar-refractivity contribution in [2.75, 3.05) is 30.0 Å². The molecule has 19 heteroatoms. The first-order valence-electron chi connectivity index (χ1n) is 14.6. The fourth-order valence-corrected chi connectivity index (χ4v) is 8.96. The first-order chi connectivity index (χ1) is 22.6. The van der Waals surface area contributed by atoms with Crippen LogP contribution in [0.5, 0.6) is 0 Å². The van der Waals surface area contributed by atoms with E-state index in [0.717, 1.165) is 55.2 Å². The van der Waals surface area contributed by atoms with Crippen LogP contribution in [0.25, 0.3) is 0 Å². The summed E-state index contributed by atoms with van der Waals surface area (Å²) in [6.07, 6.45) is 4.14. The number of nitrogen functional groups attached to an aromatic ring is 1. The van der Waals surface area contributed by atoms with Crippen molar-refractivity contribution in [3.63, 3.8) is 0 Å². The molecule has 1 aliphatic carbocycles. The number of hydrogen-bond acceptors (Lipinski definition) is 12. The molecule has 6 N–H and O–H groups in total. The van der Waals surface area contributed by atoms with E-state index in [1.54, 1.807) is 11.3 Å². The molecule has 3 aromatic rings. The number of amidine groups is 1. The zero-order valence-corrected chi connectivity index (χ0v) is 28.2. The first kappa shape index (κ1) is 31.5. The third-order valence-corrected chi connectivity index (χ3v) is 11.5. The van der Waals surface area contributed by atoms with Crippen LogP contribution in [0.15, 0.2) is 45.1 Å². The van der Waals surface area contributed by atoms with E-state index in [1.165, 1.54) is 28.6 Å². The van der Waals surface area contributed by atoms with Crippen LogP contribution in [0.3, 0.4) is 0 Å². The number of aromatic nitrogens is 3. The molecule has 3 aromatic heterocycles. The topological polar surface area (TPSA) is 198 Å². The number of anilines is 2. The molecule has 0 radical (unpaired) electrons. The van der Waals surface area contributed by atoms with Crippen molar-refractivity contribution in [1.29, 1.82) is 0 Å². The lowest BCUT2D eigenvalue weighted by molar-refractivity contribution is -0.766. The average molecular weight is 718 g/mol. The number of amides is 2. The highest BCUT2D eigenvalue weighted by Gasteiger charge is 2.55. The molecule has 246 valence electrons. The van der Waals surface area contributed by atoms with Gasteiger partial charge in [-0.3, -0.25) is 19.5 Å². The average Bonchev–Trinajstić information content (AvgIpc) is 3.35. The smallest absolute Gasteiger partial charge is 0.352 e. The molecule has 1 saturated heterocycles. The SMILES string of the molecule is CO/N=C(\C(=O)N[C@@H]1C(=O)N2C(C(=O)O)=C(C[n+]3ccc4n3CCN4Cc3cc(C(N)=NC4CC4)cs3)CS[C@H]12)c1nc(N)sc1Cl. The van der Waals surface area contributed by atoms with Gasteiger partial charge in [0.1, 0.15) is 40.1 Å². The minimum absolute atomic E-state index is 0.0281. The van der Waals surface area contributed by atoms with Crippen molar-refractivity contribution in [3.8, 4) is 0 Å². The Balaban J connectivity index is 1.04. The summed E-state index contributed by atoms with van der Waals surface area (Å²) in [6, 6.07) is 3.50. The number of aliphatic carboxylic acids is 1. The largest absolute Gasteiger partial charge is 0.477 e. The Morgan fingerprint density at radius 2 is 2.13 bits per heavy atom. The molecule has 7 rings (SSSR count). The van der Waals surface area contributed by atoms with E-state index in [4.69, 9.17) is 27.9 Å². The van der Waals surface area contributed by atoms with E-state index in [-0.39, 0.29) is 26.6 Å². The van der Waals surface area contributed by atoms with Crippen LogP contribution in [0.2, 0.25) is 4.34 Å². The number of nitrogens with zero attached hydrogens (tertiary/aromatic N) is 7. The molecule has 0 spiro atoms. The quantitative estimate of drug-likeness (QED) is 0.0736. The number of thioether (sulfide) groups is 1. The predicted octanol–water partition coefficient (Wildman–Crippen LogP) is 1.21. The minimum atomic E-state index is -1.21. The summed E-state index contributed by atoms with van der Waals surface area (Å²) >= 11 is 10.2. The molecule has 6 heterocycles. The van der Waals surface area contributed by atoms with E-state index in [1.807, 2.05) is 22.3 Å². The highest BCUT2D eigenvalue weighted by Crippen LogP contribution is 2.41. The second-order valence-electron chi connectivity index (χ2n) is 11.3. The number of nitrogens with two attached hydrogens (primary N) is 2. The lowest BCUT2D eigenvalue weighted by Crippen LogP contribution is -2.71. The van der Waals surface area contributed by atoms with Crippen LogP contribution >= 0.6 is 46.0 Å². The number of carbonyl (C=O) groups is 3. The third-order valence-electron chi connectivity index (χ3n) is 8.15. The molecule has 4 aliphatic rings. The highest BCUT2D eigenvalue weighted by molar-refractivity contribution is 8.00. The van der Waals surface area contributed by atoms with Gasteiger partial charge in [0.25, 0.3) is 11.8 Å². The second kappa shape index (κ2) is 12.5. The maximum atomic E-state index is 13.3.